The molecule has 2 aromatic rings. The molecule has 0 atom stereocenters. The summed E-state index contributed by atoms with van der Waals surface area (Å²) in [5, 5.41) is 6.03. The molecule has 0 unspecified atom stereocenters. The van der Waals surface area contributed by atoms with Gasteiger partial charge < -0.3 is 10.6 Å². The summed E-state index contributed by atoms with van der Waals surface area (Å²) in [6, 6.07) is 6.90. The average Bonchev–Trinajstić information content (AvgIpc) is 2.70. The molecule has 1 aromatic heterocycles. The Balaban J connectivity index is 2.21. The summed E-state index contributed by atoms with van der Waals surface area (Å²) in [7, 11) is 0. The third-order valence-corrected chi connectivity index (χ3v) is 4.77. The molecule has 0 aliphatic heterocycles. The van der Waals surface area contributed by atoms with E-state index in [1.54, 1.807) is 24.3 Å². The van der Waals surface area contributed by atoms with Crippen molar-refractivity contribution in [3.8, 4) is 0 Å². The second-order valence-electron chi connectivity index (χ2n) is 7.73. The van der Waals surface area contributed by atoms with Gasteiger partial charge in [-0.25, -0.2) is 4.79 Å². The maximum atomic E-state index is 13.0. The fourth-order valence-corrected chi connectivity index (χ4v) is 3.27. The number of nitrogens with zero attached hydrogens (tertiary/aromatic N) is 2. The highest BCUT2D eigenvalue weighted by atomic mass is 16.2. The Morgan fingerprint density at radius 1 is 1.00 bits per heavy atom. The third kappa shape index (κ3) is 6.30. The SMILES string of the molecule is CCCCNC(=O)Cn1c(=O)n(CCCCC(=O)NC(C)C)c(=O)c2ccccc21. The van der Waals surface area contributed by atoms with Crippen molar-refractivity contribution in [2.45, 2.75) is 72.0 Å². The normalized spacial score (nSPS) is 11.1. The molecule has 0 bridgehead atoms. The van der Waals surface area contributed by atoms with Crippen LogP contribution in [-0.2, 0) is 22.7 Å². The van der Waals surface area contributed by atoms with Gasteiger partial charge in [-0.05, 0) is 45.2 Å². The maximum Gasteiger partial charge on any atom is 0.331 e. The monoisotopic (exact) mass is 416 g/mol. The standard InChI is InChI=1S/C22H32N4O4/c1-4-5-13-23-20(28)15-26-18-11-7-6-10-17(18)21(29)25(22(26)30)14-9-8-12-19(27)24-16(2)3/h6-7,10-11,16H,4-5,8-9,12-15H2,1-3H3,(H,23,28)(H,24,27). The van der Waals surface area contributed by atoms with E-state index < -0.39 is 5.69 Å². The molecule has 164 valence electrons. The summed E-state index contributed by atoms with van der Waals surface area (Å²) in [4.78, 5) is 49.9. The Hall–Kier alpha value is -2.90. The van der Waals surface area contributed by atoms with Crippen molar-refractivity contribution in [2.24, 2.45) is 0 Å². The topological polar surface area (TPSA) is 102 Å². The summed E-state index contributed by atoms with van der Waals surface area (Å²) in [5.74, 6) is -0.303. The molecule has 0 saturated carbocycles. The van der Waals surface area contributed by atoms with Crippen LogP contribution in [0, 0.1) is 0 Å². The van der Waals surface area contributed by atoms with Crippen molar-refractivity contribution in [3.05, 3.63) is 45.1 Å². The van der Waals surface area contributed by atoms with E-state index in [4.69, 9.17) is 0 Å². The lowest BCUT2D eigenvalue weighted by Crippen LogP contribution is -2.42. The van der Waals surface area contributed by atoms with Gasteiger partial charge in [-0.3, -0.25) is 23.5 Å². The van der Waals surface area contributed by atoms with Crippen LogP contribution in [0.4, 0.5) is 0 Å². The first-order chi connectivity index (χ1) is 14.3. The van der Waals surface area contributed by atoms with E-state index in [1.165, 1.54) is 9.13 Å². The number of aromatic nitrogens is 2. The zero-order chi connectivity index (χ0) is 22.1. The predicted molar refractivity (Wildman–Crippen MR) is 118 cm³/mol. The average molecular weight is 417 g/mol. The molecule has 0 radical (unpaired) electrons. The number of rotatable bonds is 11. The molecule has 8 heteroatoms. The van der Waals surface area contributed by atoms with Gasteiger partial charge in [-0.1, -0.05) is 25.5 Å². The minimum absolute atomic E-state index is 0.0444. The fraction of sp³-hybridized carbons (Fsp3) is 0.545. The molecular weight excluding hydrogens is 384 g/mol. The zero-order valence-corrected chi connectivity index (χ0v) is 18.1. The predicted octanol–water partition coefficient (Wildman–Crippen LogP) is 1.77. The van der Waals surface area contributed by atoms with Crippen molar-refractivity contribution in [1.82, 2.24) is 19.8 Å². The molecule has 0 fully saturated rings. The lowest BCUT2D eigenvalue weighted by Gasteiger charge is -2.14. The van der Waals surface area contributed by atoms with Crippen LogP contribution in [0.15, 0.2) is 33.9 Å². The third-order valence-electron chi connectivity index (χ3n) is 4.77. The number of nitrogens with one attached hydrogen (secondary N) is 2. The molecule has 1 aromatic carbocycles. The molecule has 30 heavy (non-hydrogen) atoms. The summed E-state index contributed by atoms with van der Waals surface area (Å²) in [6.45, 7) is 6.45. The number of amides is 2. The van der Waals surface area contributed by atoms with Gasteiger partial charge in [0.05, 0.1) is 10.9 Å². The molecule has 0 spiro atoms. The number of para-hydroxylation sites is 1. The quantitative estimate of drug-likeness (QED) is 0.545. The maximum absolute atomic E-state index is 13.0. The van der Waals surface area contributed by atoms with E-state index in [-0.39, 0.29) is 36.5 Å². The smallest absolute Gasteiger partial charge is 0.331 e. The number of benzene rings is 1. The molecule has 0 aliphatic rings. The fourth-order valence-electron chi connectivity index (χ4n) is 3.27. The molecule has 2 rings (SSSR count). The Bertz CT molecular complexity index is 991. The molecule has 0 aliphatic carbocycles. The zero-order valence-electron chi connectivity index (χ0n) is 18.1. The molecule has 2 N–H and O–H groups in total. The van der Waals surface area contributed by atoms with Gasteiger partial charge in [-0.15, -0.1) is 0 Å². The van der Waals surface area contributed by atoms with Crippen molar-refractivity contribution in [1.29, 1.82) is 0 Å². The van der Waals surface area contributed by atoms with Crippen LogP contribution >= 0.6 is 0 Å². The number of unbranched alkanes of at least 4 members (excludes halogenated alkanes) is 2. The highest BCUT2D eigenvalue weighted by molar-refractivity contribution is 5.81. The lowest BCUT2D eigenvalue weighted by atomic mass is 10.2. The first-order valence-electron chi connectivity index (χ1n) is 10.6. The number of hydrogen-bond donors (Lipinski definition) is 2. The highest BCUT2D eigenvalue weighted by Crippen LogP contribution is 2.08. The van der Waals surface area contributed by atoms with Gasteiger partial charge >= 0.3 is 5.69 Å². The molecule has 0 saturated heterocycles. The minimum atomic E-state index is -0.504. The van der Waals surface area contributed by atoms with Crippen LogP contribution in [0.2, 0.25) is 0 Å². The summed E-state index contributed by atoms with van der Waals surface area (Å²) < 4.78 is 2.52. The summed E-state index contributed by atoms with van der Waals surface area (Å²) >= 11 is 0. The van der Waals surface area contributed by atoms with Crippen molar-refractivity contribution < 1.29 is 9.59 Å². The van der Waals surface area contributed by atoms with Crippen LogP contribution in [0.3, 0.4) is 0 Å². The Labute approximate surface area is 176 Å². The first kappa shape index (κ1) is 23.4. The summed E-state index contributed by atoms with van der Waals surface area (Å²) in [6.07, 6.45) is 3.25. The van der Waals surface area contributed by atoms with Crippen molar-refractivity contribution in [2.75, 3.05) is 6.54 Å². The largest absolute Gasteiger partial charge is 0.355 e. The second kappa shape index (κ2) is 11.3. The van der Waals surface area contributed by atoms with Crippen LogP contribution in [0.25, 0.3) is 10.9 Å². The van der Waals surface area contributed by atoms with Gasteiger partial charge in [0.15, 0.2) is 0 Å². The van der Waals surface area contributed by atoms with Gasteiger partial charge in [0.1, 0.15) is 6.54 Å². The molecule has 8 nitrogen and oxygen atoms in total. The Morgan fingerprint density at radius 3 is 2.43 bits per heavy atom. The van der Waals surface area contributed by atoms with E-state index in [0.29, 0.717) is 36.7 Å². The van der Waals surface area contributed by atoms with Crippen molar-refractivity contribution >= 4 is 22.7 Å². The van der Waals surface area contributed by atoms with Gasteiger partial charge in [0, 0.05) is 25.6 Å². The Morgan fingerprint density at radius 2 is 1.73 bits per heavy atom. The molecule has 1 heterocycles. The second-order valence-corrected chi connectivity index (χ2v) is 7.73. The van der Waals surface area contributed by atoms with Gasteiger partial charge in [-0.2, -0.15) is 0 Å². The molecule has 2 amide bonds. The van der Waals surface area contributed by atoms with E-state index >= 15 is 0 Å². The van der Waals surface area contributed by atoms with E-state index in [9.17, 15) is 19.2 Å². The summed E-state index contributed by atoms with van der Waals surface area (Å²) in [5.41, 5.74) is -0.424. The van der Waals surface area contributed by atoms with Crippen LogP contribution in [0.5, 0.6) is 0 Å². The van der Waals surface area contributed by atoms with Gasteiger partial charge in [0.25, 0.3) is 5.56 Å². The number of carbonyl (C=O) groups is 2. The lowest BCUT2D eigenvalue weighted by molar-refractivity contribution is -0.122. The van der Waals surface area contributed by atoms with Crippen LogP contribution in [0.1, 0.15) is 52.9 Å². The highest BCUT2D eigenvalue weighted by Gasteiger charge is 2.15. The minimum Gasteiger partial charge on any atom is -0.355 e. The van der Waals surface area contributed by atoms with Gasteiger partial charge in [0.2, 0.25) is 11.8 Å². The number of carbonyl (C=O) groups excluding carboxylic acids is 2. The Kier molecular flexibility index (Phi) is 8.83. The van der Waals surface area contributed by atoms with Crippen molar-refractivity contribution in [3.63, 3.8) is 0 Å². The van der Waals surface area contributed by atoms with E-state index in [0.717, 1.165) is 12.8 Å². The van der Waals surface area contributed by atoms with Crippen LogP contribution < -0.4 is 21.9 Å². The van der Waals surface area contributed by atoms with E-state index in [2.05, 4.69) is 10.6 Å². The number of fused-ring (bicyclic) bond motifs is 1. The van der Waals surface area contributed by atoms with Crippen LogP contribution in [-0.4, -0.2) is 33.5 Å². The molecular formula is C22H32N4O4. The number of hydrogen-bond acceptors (Lipinski definition) is 4. The van der Waals surface area contributed by atoms with E-state index in [1.807, 2.05) is 20.8 Å². The first-order valence-corrected chi connectivity index (χ1v) is 10.6.